The average Bonchev–Trinajstić information content (AvgIpc) is 3.21. The van der Waals surface area contributed by atoms with Gasteiger partial charge in [-0.1, -0.05) is 12.1 Å². The van der Waals surface area contributed by atoms with Gasteiger partial charge in [-0.15, -0.1) is 0 Å². The number of carbonyl (C=O) groups excluding carboxylic acids is 3. The lowest BCUT2D eigenvalue weighted by molar-refractivity contribution is -0.152. The smallest absolute Gasteiger partial charge is 0.328 e. The standard InChI is InChI=1S/C17H19FN2O4/c1-24-17(23)14-7-4-8-19(14)16(22)11-9-15(21)20(10-11)13-6-3-2-5-12(13)18/h2-3,5-6,11,14H,4,7-10H2,1H3/t11-,14-/m1/s1. The fourth-order valence-corrected chi connectivity index (χ4v) is 3.42. The van der Waals surface area contributed by atoms with Gasteiger partial charge in [-0.2, -0.15) is 0 Å². The normalized spacial score (nSPS) is 23.7. The molecule has 2 atom stereocenters. The molecule has 2 amide bonds. The second-order valence-corrected chi connectivity index (χ2v) is 6.07. The van der Waals surface area contributed by atoms with Crippen LogP contribution in [0.2, 0.25) is 0 Å². The number of ether oxygens (including phenoxy) is 1. The number of esters is 1. The fraction of sp³-hybridized carbons (Fsp3) is 0.471. The molecule has 2 aliphatic heterocycles. The zero-order chi connectivity index (χ0) is 17.3. The minimum absolute atomic E-state index is 0.0254. The lowest BCUT2D eigenvalue weighted by Gasteiger charge is -2.25. The van der Waals surface area contributed by atoms with Gasteiger partial charge in [0.15, 0.2) is 0 Å². The number of methoxy groups -OCH3 is 1. The topological polar surface area (TPSA) is 66.9 Å². The fourth-order valence-electron chi connectivity index (χ4n) is 3.42. The molecule has 0 N–H and O–H groups in total. The van der Waals surface area contributed by atoms with Crippen molar-refractivity contribution in [2.75, 3.05) is 25.1 Å². The van der Waals surface area contributed by atoms with E-state index in [9.17, 15) is 18.8 Å². The third kappa shape index (κ3) is 2.86. The van der Waals surface area contributed by atoms with E-state index in [1.54, 1.807) is 12.1 Å². The number of likely N-dealkylation sites (tertiary alicyclic amines) is 1. The third-order valence-corrected chi connectivity index (χ3v) is 4.63. The van der Waals surface area contributed by atoms with Crippen molar-refractivity contribution in [3.63, 3.8) is 0 Å². The summed E-state index contributed by atoms with van der Waals surface area (Å²) in [5.41, 5.74) is 0.184. The quantitative estimate of drug-likeness (QED) is 0.783. The Morgan fingerprint density at radius 1 is 1.29 bits per heavy atom. The Kier molecular flexibility index (Phi) is 4.51. The molecular weight excluding hydrogens is 315 g/mol. The van der Waals surface area contributed by atoms with E-state index in [2.05, 4.69) is 0 Å². The summed E-state index contributed by atoms with van der Waals surface area (Å²) in [6, 6.07) is 5.42. The van der Waals surface area contributed by atoms with Gasteiger partial charge in [0.2, 0.25) is 11.8 Å². The van der Waals surface area contributed by atoms with Crippen molar-refractivity contribution in [1.82, 2.24) is 4.90 Å². The van der Waals surface area contributed by atoms with Gasteiger partial charge in [0.05, 0.1) is 18.7 Å². The monoisotopic (exact) mass is 334 g/mol. The van der Waals surface area contributed by atoms with Gasteiger partial charge in [0.25, 0.3) is 0 Å². The summed E-state index contributed by atoms with van der Waals surface area (Å²) in [5.74, 6) is -2.02. The van der Waals surface area contributed by atoms with Gasteiger partial charge in [-0.05, 0) is 25.0 Å². The molecule has 2 heterocycles. The first kappa shape index (κ1) is 16.4. The number of anilines is 1. The maximum atomic E-state index is 13.9. The van der Waals surface area contributed by atoms with Crippen molar-refractivity contribution < 1.29 is 23.5 Å². The molecule has 24 heavy (non-hydrogen) atoms. The Bertz CT molecular complexity index is 678. The second kappa shape index (κ2) is 6.59. The van der Waals surface area contributed by atoms with E-state index in [0.29, 0.717) is 13.0 Å². The largest absolute Gasteiger partial charge is 0.467 e. The summed E-state index contributed by atoms with van der Waals surface area (Å²) in [6.45, 7) is 0.603. The number of nitrogens with zero attached hydrogens (tertiary/aromatic N) is 2. The number of halogens is 1. The molecular formula is C17H19FN2O4. The van der Waals surface area contributed by atoms with Crippen LogP contribution in [-0.2, 0) is 19.1 Å². The Hall–Kier alpha value is -2.44. The minimum atomic E-state index is -0.583. The Morgan fingerprint density at radius 2 is 2.04 bits per heavy atom. The first-order valence-electron chi connectivity index (χ1n) is 7.96. The summed E-state index contributed by atoms with van der Waals surface area (Å²) in [4.78, 5) is 39.6. The maximum Gasteiger partial charge on any atom is 0.328 e. The van der Waals surface area contributed by atoms with Crippen LogP contribution < -0.4 is 4.90 Å². The Balaban J connectivity index is 1.75. The van der Waals surface area contributed by atoms with Crippen LogP contribution in [0.3, 0.4) is 0 Å². The highest BCUT2D eigenvalue weighted by Crippen LogP contribution is 2.30. The van der Waals surface area contributed by atoms with Crippen LogP contribution in [0.4, 0.5) is 10.1 Å². The Labute approximate surface area is 139 Å². The van der Waals surface area contributed by atoms with E-state index in [1.165, 1.54) is 29.0 Å². The first-order chi connectivity index (χ1) is 11.5. The zero-order valence-electron chi connectivity index (χ0n) is 13.4. The van der Waals surface area contributed by atoms with Crippen LogP contribution >= 0.6 is 0 Å². The summed E-state index contributed by atoms with van der Waals surface area (Å²) < 4.78 is 18.7. The lowest BCUT2D eigenvalue weighted by Crippen LogP contribution is -2.44. The molecule has 0 radical (unpaired) electrons. The van der Waals surface area contributed by atoms with Crippen molar-refractivity contribution in [1.29, 1.82) is 0 Å². The van der Waals surface area contributed by atoms with Crippen molar-refractivity contribution in [3.05, 3.63) is 30.1 Å². The number of para-hydroxylation sites is 1. The van der Waals surface area contributed by atoms with Crippen LogP contribution in [0.15, 0.2) is 24.3 Å². The summed E-state index contributed by atoms with van der Waals surface area (Å²) in [7, 11) is 1.29. The molecule has 7 heteroatoms. The van der Waals surface area contributed by atoms with Gasteiger partial charge in [0.1, 0.15) is 11.9 Å². The maximum absolute atomic E-state index is 13.9. The van der Waals surface area contributed by atoms with Gasteiger partial charge < -0.3 is 14.5 Å². The van der Waals surface area contributed by atoms with Crippen LogP contribution in [0.1, 0.15) is 19.3 Å². The van der Waals surface area contributed by atoms with Crippen LogP contribution in [0, 0.1) is 11.7 Å². The number of hydrogen-bond donors (Lipinski definition) is 0. The van der Waals surface area contributed by atoms with Crippen molar-refractivity contribution in [3.8, 4) is 0 Å². The molecule has 3 rings (SSSR count). The molecule has 2 saturated heterocycles. The van der Waals surface area contributed by atoms with Gasteiger partial charge >= 0.3 is 5.97 Å². The van der Waals surface area contributed by atoms with Gasteiger partial charge in [-0.3, -0.25) is 9.59 Å². The van der Waals surface area contributed by atoms with E-state index in [1.807, 2.05) is 0 Å². The molecule has 0 unspecified atom stereocenters. The van der Waals surface area contributed by atoms with Gasteiger partial charge in [0, 0.05) is 19.5 Å². The SMILES string of the molecule is COC(=O)[C@H]1CCCN1C(=O)[C@@H]1CC(=O)N(c2ccccc2F)C1. The van der Waals surface area contributed by atoms with Crippen LogP contribution in [0.5, 0.6) is 0 Å². The molecule has 1 aromatic carbocycles. The van der Waals surface area contributed by atoms with Crippen LogP contribution in [0.25, 0.3) is 0 Å². The van der Waals surface area contributed by atoms with E-state index in [0.717, 1.165) is 6.42 Å². The Morgan fingerprint density at radius 3 is 2.75 bits per heavy atom. The van der Waals surface area contributed by atoms with E-state index < -0.39 is 23.7 Å². The minimum Gasteiger partial charge on any atom is -0.467 e. The van der Waals surface area contributed by atoms with Crippen molar-refractivity contribution in [2.45, 2.75) is 25.3 Å². The van der Waals surface area contributed by atoms with E-state index in [-0.39, 0.29) is 30.5 Å². The molecule has 1 aromatic rings. The predicted octanol–water partition coefficient (Wildman–Crippen LogP) is 1.34. The number of rotatable bonds is 3. The number of benzene rings is 1. The summed E-state index contributed by atoms with van der Waals surface area (Å²) in [6.07, 6.45) is 1.32. The first-order valence-corrected chi connectivity index (χ1v) is 7.96. The summed E-state index contributed by atoms with van der Waals surface area (Å²) in [5, 5.41) is 0. The summed E-state index contributed by atoms with van der Waals surface area (Å²) >= 11 is 0. The molecule has 6 nitrogen and oxygen atoms in total. The van der Waals surface area contributed by atoms with E-state index in [4.69, 9.17) is 4.74 Å². The third-order valence-electron chi connectivity index (χ3n) is 4.63. The van der Waals surface area contributed by atoms with Gasteiger partial charge in [-0.25, -0.2) is 9.18 Å². The molecule has 2 aliphatic rings. The number of hydrogen-bond acceptors (Lipinski definition) is 4. The van der Waals surface area contributed by atoms with Crippen molar-refractivity contribution >= 4 is 23.5 Å². The van der Waals surface area contributed by atoms with E-state index >= 15 is 0 Å². The molecule has 0 aliphatic carbocycles. The van der Waals surface area contributed by atoms with Crippen LogP contribution in [-0.4, -0.2) is 48.9 Å². The van der Waals surface area contributed by atoms with Crippen molar-refractivity contribution in [2.24, 2.45) is 5.92 Å². The predicted molar refractivity (Wildman–Crippen MR) is 83.6 cm³/mol. The second-order valence-electron chi connectivity index (χ2n) is 6.07. The molecule has 128 valence electrons. The average molecular weight is 334 g/mol. The highest BCUT2D eigenvalue weighted by Gasteiger charge is 2.42. The zero-order valence-corrected chi connectivity index (χ0v) is 13.4. The molecule has 2 fully saturated rings. The molecule has 0 saturated carbocycles. The highest BCUT2D eigenvalue weighted by molar-refractivity contribution is 6.01. The highest BCUT2D eigenvalue weighted by atomic mass is 19.1. The molecule has 0 spiro atoms. The number of carbonyl (C=O) groups is 3. The number of amides is 2. The molecule has 0 aromatic heterocycles. The molecule has 0 bridgehead atoms. The lowest BCUT2D eigenvalue weighted by atomic mass is 10.1.